The van der Waals surface area contributed by atoms with Crippen LogP contribution >= 0.6 is 0 Å². The maximum Gasteiger partial charge on any atom is 0.237 e. The van der Waals surface area contributed by atoms with Crippen LogP contribution in [0.5, 0.6) is 5.75 Å². The number of ether oxygens (including phenoxy) is 1. The summed E-state index contributed by atoms with van der Waals surface area (Å²) in [6.07, 6.45) is 2.77. The Morgan fingerprint density at radius 3 is 2.89 bits per heavy atom. The topological polar surface area (TPSA) is 64.4 Å². The summed E-state index contributed by atoms with van der Waals surface area (Å²) >= 11 is 0. The molecule has 0 aliphatic carbocycles. The second kappa shape index (κ2) is 8.53. The summed E-state index contributed by atoms with van der Waals surface area (Å²) in [4.78, 5) is 11.8. The highest BCUT2D eigenvalue weighted by molar-refractivity contribution is 5.81. The van der Waals surface area contributed by atoms with Gasteiger partial charge in [0.25, 0.3) is 0 Å². The van der Waals surface area contributed by atoms with Gasteiger partial charge in [0.15, 0.2) is 0 Å². The molecule has 4 nitrogen and oxygen atoms in total. The molecule has 1 amide bonds. The molecule has 1 atom stereocenters. The van der Waals surface area contributed by atoms with Gasteiger partial charge in [-0.05, 0) is 31.0 Å². The Kier molecular flexibility index (Phi) is 6.97. The Hall–Kier alpha value is -1.55. The zero-order chi connectivity index (χ0) is 14.1. The molecule has 1 aromatic carbocycles. The van der Waals surface area contributed by atoms with E-state index in [1.165, 1.54) is 0 Å². The highest BCUT2D eigenvalue weighted by Gasteiger charge is 2.11. The highest BCUT2D eigenvalue weighted by Crippen LogP contribution is 2.13. The van der Waals surface area contributed by atoms with Crippen molar-refractivity contribution in [2.75, 3.05) is 6.61 Å². The Labute approximate surface area is 115 Å². The molecule has 0 aliphatic heterocycles. The van der Waals surface area contributed by atoms with Crippen molar-refractivity contribution in [2.24, 2.45) is 5.73 Å². The third-order valence-electron chi connectivity index (χ3n) is 2.88. The van der Waals surface area contributed by atoms with Crippen LogP contribution in [0.2, 0.25) is 0 Å². The van der Waals surface area contributed by atoms with E-state index in [1.54, 1.807) is 0 Å². The van der Waals surface area contributed by atoms with Gasteiger partial charge in [-0.25, -0.2) is 0 Å². The first kappa shape index (κ1) is 15.5. The van der Waals surface area contributed by atoms with E-state index in [2.05, 4.69) is 12.2 Å². The molecule has 0 bridgehead atoms. The van der Waals surface area contributed by atoms with Crippen molar-refractivity contribution >= 4 is 5.91 Å². The number of unbranched alkanes of at least 4 members (excludes halogenated alkanes) is 1. The maximum atomic E-state index is 11.8. The largest absolute Gasteiger partial charge is 0.494 e. The number of hydrogen-bond acceptors (Lipinski definition) is 3. The smallest absolute Gasteiger partial charge is 0.237 e. The van der Waals surface area contributed by atoms with Crippen LogP contribution in [0.25, 0.3) is 0 Å². The number of amides is 1. The predicted octanol–water partition coefficient (Wildman–Crippen LogP) is 2.22. The van der Waals surface area contributed by atoms with Gasteiger partial charge in [-0.3, -0.25) is 4.79 Å². The summed E-state index contributed by atoms with van der Waals surface area (Å²) in [7, 11) is 0. The molecule has 0 radical (unpaired) electrons. The van der Waals surface area contributed by atoms with Crippen molar-refractivity contribution in [3.05, 3.63) is 29.8 Å². The standard InChI is InChI=1S/C15H24N2O2/c1-3-5-9-14(16)15(18)17-11-12-7-6-8-13(10-12)19-4-2/h6-8,10,14H,3-5,9,11,16H2,1-2H3,(H,17,18)/t14-/m0/s1. The normalized spacial score (nSPS) is 11.9. The maximum absolute atomic E-state index is 11.8. The van der Waals surface area contributed by atoms with E-state index in [0.717, 1.165) is 30.6 Å². The zero-order valence-corrected chi connectivity index (χ0v) is 11.8. The molecule has 0 saturated heterocycles. The van der Waals surface area contributed by atoms with E-state index in [-0.39, 0.29) is 5.91 Å². The van der Waals surface area contributed by atoms with Crippen LogP contribution < -0.4 is 15.8 Å². The van der Waals surface area contributed by atoms with Crippen LogP contribution in [-0.2, 0) is 11.3 Å². The van der Waals surface area contributed by atoms with Crippen LogP contribution in [0.1, 0.15) is 38.7 Å². The minimum absolute atomic E-state index is 0.0877. The lowest BCUT2D eigenvalue weighted by molar-refractivity contribution is -0.122. The van der Waals surface area contributed by atoms with Crippen molar-refractivity contribution in [3.63, 3.8) is 0 Å². The van der Waals surface area contributed by atoms with Crippen molar-refractivity contribution < 1.29 is 9.53 Å². The van der Waals surface area contributed by atoms with Crippen molar-refractivity contribution in [2.45, 2.75) is 45.7 Å². The fourth-order valence-electron chi connectivity index (χ4n) is 1.79. The second-order valence-electron chi connectivity index (χ2n) is 4.55. The van der Waals surface area contributed by atoms with Crippen molar-refractivity contribution in [1.82, 2.24) is 5.32 Å². The minimum Gasteiger partial charge on any atom is -0.494 e. The molecule has 0 spiro atoms. The molecule has 106 valence electrons. The van der Waals surface area contributed by atoms with Crippen molar-refractivity contribution in [3.8, 4) is 5.75 Å². The lowest BCUT2D eigenvalue weighted by Crippen LogP contribution is -2.40. The predicted molar refractivity (Wildman–Crippen MR) is 77.0 cm³/mol. The fourth-order valence-corrected chi connectivity index (χ4v) is 1.79. The third-order valence-corrected chi connectivity index (χ3v) is 2.88. The first-order valence-electron chi connectivity index (χ1n) is 6.92. The summed E-state index contributed by atoms with van der Waals surface area (Å²) in [5.74, 6) is 0.736. The lowest BCUT2D eigenvalue weighted by atomic mass is 10.1. The minimum atomic E-state index is -0.407. The summed E-state index contributed by atoms with van der Waals surface area (Å²) in [5.41, 5.74) is 6.82. The summed E-state index contributed by atoms with van der Waals surface area (Å²) in [5, 5.41) is 2.86. The monoisotopic (exact) mass is 264 g/mol. The molecule has 0 aromatic heterocycles. The van der Waals surface area contributed by atoms with Gasteiger partial charge in [-0.1, -0.05) is 31.9 Å². The van der Waals surface area contributed by atoms with E-state index in [9.17, 15) is 4.79 Å². The number of hydrogen-bond donors (Lipinski definition) is 2. The molecule has 1 rings (SSSR count). The van der Waals surface area contributed by atoms with Crippen LogP contribution in [0.3, 0.4) is 0 Å². The summed E-state index contributed by atoms with van der Waals surface area (Å²) in [6.45, 7) is 5.16. The highest BCUT2D eigenvalue weighted by atomic mass is 16.5. The summed E-state index contributed by atoms with van der Waals surface area (Å²) < 4.78 is 5.42. The molecular weight excluding hydrogens is 240 g/mol. The van der Waals surface area contributed by atoms with E-state index < -0.39 is 6.04 Å². The Bertz CT molecular complexity index is 393. The van der Waals surface area contributed by atoms with Gasteiger partial charge in [-0.2, -0.15) is 0 Å². The third kappa shape index (κ3) is 5.75. The number of rotatable bonds is 8. The molecule has 0 heterocycles. The molecule has 0 unspecified atom stereocenters. The van der Waals surface area contributed by atoms with E-state index >= 15 is 0 Å². The molecule has 19 heavy (non-hydrogen) atoms. The SMILES string of the molecule is CCCC[C@H](N)C(=O)NCc1cccc(OCC)c1. The van der Waals surface area contributed by atoms with Gasteiger partial charge < -0.3 is 15.8 Å². The lowest BCUT2D eigenvalue weighted by Gasteiger charge is -2.12. The van der Waals surface area contributed by atoms with E-state index in [1.807, 2.05) is 31.2 Å². The quantitative estimate of drug-likeness (QED) is 0.756. The Balaban J connectivity index is 2.43. The molecule has 3 N–H and O–H groups in total. The molecular formula is C15H24N2O2. The average Bonchev–Trinajstić information content (AvgIpc) is 2.43. The molecule has 1 aromatic rings. The Morgan fingerprint density at radius 1 is 1.42 bits per heavy atom. The van der Waals surface area contributed by atoms with E-state index in [0.29, 0.717) is 13.2 Å². The number of carbonyl (C=O) groups is 1. The number of nitrogens with one attached hydrogen (secondary N) is 1. The number of nitrogens with two attached hydrogens (primary N) is 1. The number of carbonyl (C=O) groups excluding carboxylic acids is 1. The van der Waals surface area contributed by atoms with Gasteiger partial charge in [0.05, 0.1) is 12.6 Å². The van der Waals surface area contributed by atoms with Gasteiger partial charge in [0, 0.05) is 6.54 Å². The van der Waals surface area contributed by atoms with Crippen LogP contribution in [0, 0.1) is 0 Å². The Morgan fingerprint density at radius 2 is 2.21 bits per heavy atom. The first-order chi connectivity index (χ1) is 9.17. The van der Waals surface area contributed by atoms with Gasteiger partial charge in [-0.15, -0.1) is 0 Å². The van der Waals surface area contributed by atoms with E-state index in [4.69, 9.17) is 10.5 Å². The molecule has 4 heteroatoms. The van der Waals surface area contributed by atoms with Crippen LogP contribution in [-0.4, -0.2) is 18.6 Å². The van der Waals surface area contributed by atoms with Gasteiger partial charge in [0.2, 0.25) is 5.91 Å². The van der Waals surface area contributed by atoms with Crippen molar-refractivity contribution in [1.29, 1.82) is 0 Å². The first-order valence-corrected chi connectivity index (χ1v) is 6.92. The second-order valence-corrected chi connectivity index (χ2v) is 4.55. The van der Waals surface area contributed by atoms with Crippen LogP contribution in [0.4, 0.5) is 0 Å². The zero-order valence-electron chi connectivity index (χ0n) is 11.8. The molecule has 0 aliphatic rings. The van der Waals surface area contributed by atoms with Gasteiger partial charge >= 0.3 is 0 Å². The fraction of sp³-hybridized carbons (Fsp3) is 0.533. The molecule has 0 fully saturated rings. The van der Waals surface area contributed by atoms with Gasteiger partial charge in [0.1, 0.15) is 5.75 Å². The average molecular weight is 264 g/mol. The molecule has 0 saturated carbocycles. The number of benzene rings is 1. The summed E-state index contributed by atoms with van der Waals surface area (Å²) in [6, 6.07) is 7.31. The van der Waals surface area contributed by atoms with Crippen LogP contribution in [0.15, 0.2) is 24.3 Å².